The van der Waals surface area contributed by atoms with Gasteiger partial charge in [0.25, 0.3) is 5.91 Å². The molecular weight excluding hydrogens is 274 g/mol. The molecule has 1 aromatic carbocycles. The highest BCUT2D eigenvalue weighted by Gasteiger charge is 2.34. The van der Waals surface area contributed by atoms with Crippen molar-refractivity contribution in [1.29, 1.82) is 0 Å². The number of carboxylic acid groups (broad SMARTS) is 1. The highest BCUT2D eigenvalue weighted by atomic mass is 16.6. The fourth-order valence-corrected chi connectivity index (χ4v) is 2.86. The van der Waals surface area contributed by atoms with Crippen molar-refractivity contribution >= 4 is 11.9 Å². The van der Waals surface area contributed by atoms with Gasteiger partial charge >= 0.3 is 5.97 Å². The van der Waals surface area contributed by atoms with Crippen LogP contribution in [0.15, 0.2) is 18.2 Å². The number of hydrogen-bond acceptors (Lipinski definition) is 4. The molecule has 1 aliphatic carbocycles. The standard InChI is InChI=1S/C15H17NO5/c17-14(16-11-3-1-2-10(11)15(18)19)9-4-5-12-13(8-9)21-7-6-20-12/h4-5,8,10-11H,1-3,6-7H2,(H,16,17)(H,18,19)/t10-,11+/m1/s1. The van der Waals surface area contributed by atoms with E-state index >= 15 is 0 Å². The SMILES string of the molecule is O=C(N[C@H]1CCC[C@H]1C(=O)O)c1ccc2c(c1)OCCO2. The molecule has 3 rings (SSSR count). The first-order valence-corrected chi connectivity index (χ1v) is 7.08. The van der Waals surface area contributed by atoms with Gasteiger partial charge in [-0.25, -0.2) is 0 Å². The minimum absolute atomic E-state index is 0.273. The summed E-state index contributed by atoms with van der Waals surface area (Å²) in [5.41, 5.74) is 0.454. The molecule has 0 aromatic heterocycles. The Morgan fingerprint density at radius 1 is 1.14 bits per heavy atom. The molecular formula is C15H17NO5. The summed E-state index contributed by atoms with van der Waals surface area (Å²) < 4.78 is 10.9. The van der Waals surface area contributed by atoms with Crippen LogP contribution in [0.1, 0.15) is 29.6 Å². The minimum Gasteiger partial charge on any atom is -0.486 e. The number of nitrogens with one attached hydrogen (secondary N) is 1. The van der Waals surface area contributed by atoms with Crippen molar-refractivity contribution in [1.82, 2.24) is 5.32 Å². The van der Waals surface area contributed by atoms with Gasteiger partial charge in [-0.3, -0.25) is 9.59 Å². The second kappa shape index (κ2) is 5.63. The summed E-state index contributed by atoms with van der Waals surface area (Å²) in [4.78, 5) is 23.4. The number of ether oxygens (including phenoxy) is 2. The number of benzene rings is 1. The zero-order valence-electron chi connectivity index (χ0n) is 11.5. The average Bonchev–Trinajstić information content (AvgIpc) is 2.95. The van der Waals surface area contributed by atoms with E-state index in [2.05, 4.69) is 5.32 Å². The summed E-state index contributed by atoms with van der Waals surface area (Å²) in [6.07, 6.45) is 2.14. The van der Waals surface area contributed by atoms with E-state index in [1.54, 1.807) is 18.2 Å². The van der Waals surface area contributed by atoms with Crippen LogP contribution in [0, 0.1) is 5.92 Å². The Balaban J connectivity index is 1.72. The molecule has 1 saturated carbocycles. The molecule has 0 spiro atoms. The van der Waals surface area contributed by atoms with Gasteiger partial charge in [0, 0.05) is 11.6 Å². The number of rotatable bonds is 3. The molecule has 0 radical (unpaired) electrons. The largest absolute Gasteiger partial charge is 0.486 e. The molecule has 2 aliphatic rings. The lowest BCUT2D eigenvalue weighted by molar-refractivity contribution is -0.142. The fourth-order valence-electron chi connectivity index (χ4n) is 2.86. The predicted molar refractivity (Wildman–Crippen MR) is 73.7 cm³/mol. The summed E-state index contributed by atoms with van der Waals surface area (Å²) in [6, 6.07) is 4.69. The molecule has 0 bridgehead atoms. The summed E-state index contributed by atoms with van der Waals surface area (Å²) in [6.45, 7) is 0.961. The Kier molecular flexibility index (Phi) is 3.68. The number of hydrogen-bond donors (Lipinski definition) is 2. The summed E-state index contributed by atoms with van der Waals surface area (Å²) >= 11 is 0. The van der Waals surface area contributed by atoms with E-state index in [4.69, 9.17) is 14.6 Å². The number of carbonyl (C=O) groups excluding carboxylic acids is 1. The molecule has 2 N–H and O–H groups in total. The molecule has 0 saturated heterocycles. The maximum Gasteiger partial charge on any atom is 0.308 e. The maximum absolute atomic E-state index is 12.3. The van der Waals surface area contributed by atoms with Crippen molar-refractivity contribution in [3.8, 4) is 11.5 Å². The number of fused-ring (bicyclic) bond motifs is 1. The summed E-state index contributed by atoms with van der Waals surface area (Å²) in [5, 5.41) is 12.0. The Morgan fingerprint density at radius 3 is 2.67 bits per heavy atom. The lowest BCUT2D eigenvalue weighted by atomic mass is 10.0. The first-order chi connectivity index (χ1) is 10.1. The highest BCUT2D eigenvalue weighted by Crippen LogP contribution is 2.31. The maximum atomic E-state index is 12.3. The van der Waals surface area contributed by atoms with E-state index in [-0.39, 0.29) is 11.9 Å². The van der Waals surface area contributed by atoms with Gasteiger partial charge in [0.05, 0.1) is 5.92 Å². The van der Waals surface area contributed by atoms with E-state index in [0.717, 1.165) is 6.42 Å². The third-order valence-corrected chi connectivity index (χ3v) is 3.95. The molecule has 2 atom stereocenters. The van der Waals surface area contributed by atoms with Crippen LogP contribution >= 0.6 is 0 Å². The summed E-state index contributed by atoms with van der Waals surface area (Å²) in [7, 11) is 0. The van der Waals surface area contributed by atoms with E-state index in [0.29, 0.717) is 43.1 Å². The topological polar surface area (TPSA) is 84.9 Å². The Morgan fingerprint density at radius 2 is 1.90 bits per heavy atom. The van der Waals surface area contributed by atoms with Crippen LogP contribution in [-0.2, 0) is 4.79 Å². The van der Waals surface area contributed by atoms with Gasteiger partial charge in [-0.15, -0.1) is 0 Å². The smallest absolute Gasteiger partial charge is 0.308 e. The van der Waals surface area contributed by atoms with Gasteiger partial charge < -0.3 is 19.9 Å². The van der Waals surface area contributed by atoms with E-state index < -0.39 is 11.9 Å². The van der Waals surface area contributed by atoms with Crippen molar-refractivity contribution in [2.45, 2.75) is 25.3 Å². The molecule has 6 heteroatoms. The quantitative estimate of drug-likeness (QED) is 0.880. The van der Waals surface area contributed by atoms with Crippen molar-refractivity contribution in [3.05, 3.63) is 23.8 Å². The van der Waals surface area contributed by atoms with Crippen LogP contribution in [0.25, 0.3) is 0 Å². The van der Waals surface area contributed by atoms with Crippen molar-refractivity contribution in [2.24, 2.45) is 5.92 Å². The molecule has 1 heterocycles. The lowest BCUT2D eigenvalue weighted by Crippen LogP contribution is -2.40. The second-order valence-electron chi connectivity index (χ2n) is 5.31. The van der Waals surface area contributed by atoms with Crippen molar-refractivity contribution in [3.63, 3.8) is 0 Å². The number of carbonyl (C=O) groups is 2. The first kappa shape index (κ1) is 13.7. The predicted octanol–water partition coefficient (Wildman–Crippen LogP) is 1.44. The minimum atomic E-state index is -0.847. The van der Waals surface area contributed by atoms with Crippen LogP contribution in [0.4, 0.5) is 0 Å². The Bertz CT molecular complexity index is 571. The molecule has 112 valence electrons. The van der Waals surface area contributed by atoms with Gasteiger partial charge in [0.2, 0.25) is 0 Å². The van der Waals surface area contributed by atoms with Crippen LogP contribution in [0.5, 0.6) is 11.5 Å². The van der Waals surface area contributed by atoms with E-state index in [1.807, 2.05) is 0 Å². The zero-order valence-corrected chi connectivity index (χ0v) is 11.5. The van der Waals surface area contributed by atoms with Gasteiger partial charge in [0.1, 0.15) is 13.2 Å². The third kappa shape index (κ3) is 2.79. The summed E-state index contributed by atoms with van der Waals surface area (Å²) in [5.74, 6) is -0.437. The van der Waals surface area contributed by atoms with Gasteiger partial charge in [0.15, 0.2) is 11.5 Å². The van der Waals surface area contributed by atoms with Crippen LogP contribution in [-0.4, -0.2) is 36.2 Å². The molecule has 21 heavy (non-hydrogen) atoms. The van der Waals surface area contributed by atoms with Crippen LogP contribution in [0.2, 0.25) is 0 Å². The number of carboxylic acids is 1. The third-order valence-electron chi connectivity index (χ3n) is 3.95. The zero-order chi connectivity index (χ0) is 14.8. The van der Waals surface area contributed by atoms with Crippen molar-refractivity contribution < 1.29 is 24.2 Å². The molecule has 1 amide bonds. The lowest BCUT2D eigenvalue weighted by Gasteiger charge is -2.20. The first-order valence-electron chi connectivity index (χ1n) is 7.08. The second-order valence-corrected chi connectivity index (χ2v) is 5.31. The normalized spacial score (nSPS) is 23.6. The van der Waals surface area contributed by atoms with Crippen LogP contribution in [0.3, 0.4) is 0 Å². The highest BCUT2D eigenvalue weighted by molar-refractivity contribution is 5.95. The molecule has 0 unspecified atom stereocenters. The van der Waals surface area contributed by atoms with E-state index in [9.17, 15) is 9.59 Å². The van der Waals surface area contributed by atoms with Crippen LogP contribution < -0.4 is 14.8 Å². The van der Waals surface area contributed by atoms with E-state index in [1.165, 1.54) is 0 Å². The fraction of sp³-hybridized carbons (Fsp3) is 0.467. The monoisotopic (exact) mass is 291 g/mol. The molecule has 1 fully saturated rings. The molecule has 6 nitrogen and oxygen atoms in total. The average molecular weight is 291 g/mol. The Labute approximate surface area is 122 Å². The molecule has 1 aromatic rings. The van der Waals surface area contributed by atoms with Gasteiger partial charge in [-0.2, -0.15) is 0 Å². The van der Waals surface area contributed by atoms with Gasteiger partial charge in [-0.05, 0) is 31.0 Å². The van der Waals surface area contributed by atoms with Gasteiger partial charge in [-0.1, -0.05) is 6.42 Å². The number of amides is 1. The number of aliphatic carboxylic acids is 1. The molecule has 1 aliphatic heterocycles. The Hall–Kier alpha value is -2.24. The van der Waals surface area contributed by atoms with Crippen molar-refractivity contribution in [2.75, 3.05) is 13.2 Å².